The number of methoxy groups -OCH3 is 1. The molecule has 3 rings (SSSR count). The summed E-state index contributed by atoms with van der Waals surface area (Å²) in [6, 6.07) is 8.94. The fourth-order valence-electron chi connectivity index (χ4n) is 3.08. The molecule has 2 aromatic carbocycles. The van der Waals surface area contributed by atoms with E-state index in [0.717, 1.165) is 16.9 Å². The predicted molar refractivity (Wildman–Crippen MR) is 116 cm³/mol. The minimum atomic E-state index is -3.64. The lowest BCUT2D eigenvalue weighted by Gasteiger charge is -2.18. The third-order valence-electron chi connectivity index (χ3n) is 4.74. The van der Waals surface area contributed by atoms with Gasteiger partial charge in [0.2, 0.25) is 10.0 Å². The van der Waals surface area contributed by atoms with Gasteiger partial charge >= 0.3 is 0 Å². The predicted octanol–water partition coefficient (Wildman–Crippen LogP) is 4.44. The number of ether oxygens (including phenoxy) is 2. The normalized spacial score (nSPS) is 11.3. The number of benzene rings is 2. The Hall–Kier alpha value is -3.40. The first kappa shape index (κ1) is 23.3. The molecule has 32 heavy (non-hydrogen) atoms. The van der Waals surface area contributed by atoms with Crippen molar-refractivity contribution in [2.24, 2.45) is 0 Å². The van der Waals surface area contributed by atoms with Crippen molar-refractivity contribution < 1.29 is 31.4 Å². The Kier molecular flexibility index (Phi) is 6.54. The third-order valence-corrected chi connectivity index (χ3v) is 6.03. The summed E-state index contributed by atoms with van der Waals surface area (Å²) in [6.45, 7) is 4.73. The van der Waals surface area contributed by atoms with Crippen molar-refractivity contribution in [3.63, 3.8) is 0 Å². The molecule has 0 aliphatic rings. The van der Waals surface area contributed by atoms with E-state index in [2.05, 4.69) is 4.72 Å². The lowest BCUT2D eigenvalue weighted by Crippen LogP contribution is -2.33. The average Bonchev–Trinajstić information content (AvgIpc) is 2.74. The number of rotatable bonds is 7. The van der Waals surface area contributed by atoms with Gasteiger partial charge in [-0.15, -0.1) is 0 Å². The van der Waals surface area contributed by atoms with E-state index in [1.807, 2.05) is 0 Å². The Morgan fingerprint density at radius 2 is 1.66 bits per heavy atom. The molecule has 0 radical (unpaired) electrons. The number of aryl methyl sites for hydroxylation is 2. The maximum atomic E-state index is 14.2. The molecule has 0 spiro atoms. The second-order valence-corrected chi connectivity index (χ2v) is 9.06. The van der Waals surface area contributed by atoms with Crippen LogP contribution in [-0.4, -0.2) is 21.3 Å². The number of sulfonamides is 1. The Morgan fingerprint density at radius 1 is 1.00 bits per heavy atom. The molecule has 0 fully saturated rings. The summed E-state index contributed by atoms with van der Waals surface area (Å²) in [5.41, 5.74) is 1.83. The zero-order valence-corrected chi connectivity index (χ0v) is 18.7. The van der Waals surface area contributed by atoms with Gasteiger partial charge in [-0.2, -0.15) is 4.73 Å². The van der Waals surface area contributed by atoms with E-state index in [-0.39, 0.29) is 28.7 Å². The average molecular weight is 464 g/mol. The van der Waals surface area contributed by atoms with Gasteiger partial charge in [0.15, 0.2) is 23.0 Å². The Labute approximate surface area is 184 Å². The molecular weight excluding hydrogens is 442 g/mol. The van der Waals surface area contributed by atoms with E-state index >= 15 is 0 Å². The van der Waals surface area contributed by atoms with Gasteiger partial charge in [-0.25, -0.2) is 17.2 Å². The lowest BCUT2D eigenvalue weighted by atomic mass is 10.0. The SMILES string of the molecule is CCS(=O)(=O)Nc1cc(-c2cc(C)[n+]([O-])c(C)c2)c(Oc2ccc(F)cc2F)cc1OC. The van der Waals surface area contributed by atoms with E-state index < -0.39 is 21.7 Å². The van der Waals surface area contributed by atoms with Crippen molar-refractivity contribution in [2.75, 3.05) is 17.6 Å². The van der Waals surface area contributed by atoms with Crippen LogP contribution in [0.5, 0.6) is 17.2 Å². The number of anilines is 1. The van der Waals surface area contributed by atoms with Crippen molar-refractivity contribution >= 4 is 15.7 Å². The number of pyridine rings is 1. The summed E-state index contributed by atoms with van der Waals surface area (Å²) in [7, 11) is -2.29. The maximum Gasteiger partial charge on any atom is 0.232 e. The van der Waals surface area contributed by atoms with Crippen LogP contribution in [-0.2, 0) is 10.0 Å². The van der Waals surface area contributed by atoms with Crippen LogP contribution in [0.4, 0.5) is 14.5 Å². The monoisotopic (exact) mass is 464 g/mol. The second-order valence-electron chi connectivity index (χ2n) is 7.05. The molecule has 1 N–H and O–H groups in total. The number of nitrogens with one attached hydrogen (secondary N) is 1. The summed E-state index contributed by atoms with van der Waals surface area (Å²) in [5, 5.41) is 12.1. The first-order valence-corrected chi connectivity index (χ1v) is 11.3. The highest BCUT2D eigenvalue weighted by molar-refractivity contribution is 7.92. The second kappa shape index (κ2) is 8.99. The molecule has 0 unspecified atom stereocenters. The first-order valence-electron chi connectivity index (χ1n) is 9.61. The summed E-state index contributed by atoms with van der Waals surface area (Å²) in [5.74, 6) is -1.82. The Morgan fingerprint density at radius 3 is 2.22 bits per heavy atom. The molecule has 7 nitrogen and oxygen atoms in total. The molecule has 10 heteroatoms. The molecule has 0 saturated heterocycles. The number of hydrogen-bond acceptors (Lipinski definition) is 5. The molecule has 0 amide bonds. The van der Waals surface area contributed by atoms with Gasteiger partial charge in [0, 0.05) is 43.7 Å². The van der Waals surface area contributed by atoms with Gasteiger partial charge < -0.3 is 14.7 Å². The molecule has 3 aromatic rings. The largest absolute Gasteiger partial charge is 0.618 e. The van der Waals surface area contributed by atoms with Gasteiger partial charge in [0.05, 0.1) is 18.6 Å². The van der Waals surface area contributed by atoms with Gasteiger partial charge in [0.25, 0.3) is 0 Å². The zero-order chi connectivity index (χ0) is 23.6. The van der Waals surface area contributed by atoms with Crippen molar-refractivity contribution in [2.45, 2.75) is 20.8 Å². The van der Waals surface area contributed by atoms with Crippen LogP contribution >= 0.6 is 0 Å². The van der Waals surface area contributed by atoms with Crippen LogP contribution in [0.2, 0.25) is 0 Å². The van der Waals surface area contributed by atoms with Crippen LogP contribution in [0, 0.1) is 30.7 Å². The number of nitrogens with zero attached hydrogens (tertiary/aromatic N) is 1. The molecule has 0 atom stereocenters. The smallest absolute Gasteiger partial charge is 0.232 e. The molecule has 0 aliphatic heterocycles. The molecule has 1 aromatic heterocycles. The van der Waals surface area contributed by atoms with E-state index in [9.17, 15) is 22.4 Å². The van der Waals surface area contributed by atoms with Crippen LogP contribution in [0.25, 0.3) is 11.1 Å². The fourth-order valence-corrected chi connectivity index (χ4v) is 3.72. The fraction of sp³-hybridized carbons (Fsp3) is 0.227. The summed E-state index contributed by atoms with van der Waals surface area (Å²) in [6.07, 6.45) is 0. The summed E-state index contributed by atoms with van der Waals surface area (Å²) >= 11 is 0. The van der Waals surface area contributed by atoms with Crippen LogP contribution in [0.15, 0.2) is 42.5 Å². The lowest BCUT2D eigenvalue weighted by molar-refractivity contribution is -0.619. The van der Waals surface area contributed by atoms with Crippen molar-refractivity contribution in [3.05, 3.63) is 70.7 Å². The van der Waals surface area contributed by atoms with Crippen LogP contribution in [0.1, 0.15) is 18.3 Å². The molecule has 0 bridgehead atoms. The van der Waals surface area contributed by atoms with Gasteiger partial charge in [-0.05, 0) is 30.7 Å². The molecule has 170 valence electrons. The van der Waals surface area contributed by atoms with Crippen molar-refractivity contribution in [1.29, 1.82) is 0 Å². The molecule has 0 aliphatic carbocycles. The van der Waals surface area contributed by atoms with E-state index in [1.165, 1.54) is 26.2 Å². The highest BCUT2D eigenvalue weighted by atomic mass is 32.2. The van der Waals surface area contributed by atoms with Gasteiger partial charge in [-0.1, -0.05) is 0 Å². The summed E-state index contributed by atoms with van der Waals surface area (Å²) in [4.78, 5) is 0. The van der Waals surface area contributed by atoms with E-state index in [4.69, 9.17) is 9.47 Å². The van der Waals surface area contributed by atoms with E-state index in [1.54, 1.807) is 26.0 Å². The minimum absolute atomic E-state index is 0.120. The number of aromatic nitrogens is 1. The number of halogens is 2. The van der Waals surface area contributed by atoms with E-state index in [0.29, 0.717) is 28.6 Å². The van der Waals surface area contributed by atoms with Crippen LogP contribution in [0.3, 0.4) is 0 Å². The zero-order valence-electron chi connectivity index (χ0n) is 17.9. The first-order chi connectivity index (χ1) is 15.0. The van der Waals surface area contributed by atoms with Gasteiger partial charge in [0.1, 0.15) is 17.3 Å². The third kappa shape index (κ3) is 4.91. The van der Waals surface area contributed by atoms with Crippen molar-refractivity contribution in [1.82, 2.24) is 0 Å². The van der Waals surface area contributed by atoms with Gasteiger partial charge in [-0.3, -0.25) is 4.72 Å². The quantitative estimate of drug-likeness (QED) is 0.412. The Balaban J connectivity index is 2.24. The summed E-state index contributed by atoms with van der Waals surface area (Å²) < 4.78 is 66.1. The molecule has 0 saturated carbocycles. The molecular formula is C22H22F2N2O5S. The standard InChI is InChI=1S/C22H22F2N2O5S/c1-5-32(28,29)25-19-11-17(15-8-13(2)26(27)14(3)9-15)21(12-22(19)30-4)31-20-7-6-16(23)10-18(20)24/h6-12,25H,5H2,1-4H3. The minimum Gasteiger partial charge on any atom is -0.618 e. The Bertz CT molecular complexity index is 1260. The maximum absolute atomic E-state index is 14.2. The van der Waals surface area contributed by atoms with Crippen molar-refractivity contribution in [3.8, 4) is 28.4 Å². The molecule has 1 heterocycles. The highest BCUT2D eigenvalue weighted by Crippen LogP contribution is 2.42. The topological polar surface area (TPSA) is 91.6 Å². The van der Waals surface area contributed by atoms with Crippen LogP contribution < -0.4 is 18.9 Å². The number of hydrogen-bond donors (Lipinski definition) is 1. The highest BCUT2D eigenvalue weighted by Gasteiger charge is 2.20.